The molecule has 124 valence electrons. The van der Waals surface area contributed by atoms with Crippen LogP contribution in [0.2, 0.25) is 0 Å². The van der Waals surface area contributed by atoms with E-state index in [0.29, 0.717) is 6.04 Å². The Labute approximate surface area is 141 Å². The van der Waals surface area contributed by atoms with Crippen LogP contribution in [-0.2, 0) is 0 Å². The van der Waals surface area contributed by atoms with Crippen molar-refractivity contribution < 1.29 is 0 Å². The molecule has 0 aliphatic carbocycles. The van der Waals surface area contributed by atoms with Gasteiger partial charge in [0.2, 0.25) is 0 Å². The normalized spacial score (nSPS) is 19.2. The smallest absolute Gasteiger partial charge is 0.0408 e. The van der Waals surface area contributed by atoms with Crippen molar-refractivity contribution in [1.82, 2.24) is 10.2 Å². The second kappa shape index (κ2) is 6.94. The van der Waals surface area contributed by atoms with Crippen molar-refractivity contribution in [3.63, 3.8) is 0 Å². The molecular formula is C19H32N2S. The number of hydrogen-bond donors (Lipinski definition) is 1. The standard InChI is InChI=1S/C19H32N2S/c1-18(2,3)17(21-13-11-20-12-14-21)15-9-7-8-10-16(15)22-19(4,5)6/h7-10,17,20H,11-14H2,1-6H3/t17-/m0/s1. The summed E-state index contributed by atoms with van der Waals surface area (Å²) in [6, 6.07) is 9.48. The molecule has 22 heavy (non-hydrogen) atoms. The van der Waals surface area contributed by atoms with Gasteiger partial charge in [0, 0.05) is 41.9 Å². The van der Waals surface area contributed by atoms with Gasteiger partial charge in [-0.25, -0.2) is 0 Å². The second-order valence-electron chi connectivity index (χ2n) is 8.31. The van der Waals surface area contributed by atoms with Gasteiger partial charge in [-0.05, 0) is 17.0 Å². The summed E-state index contributed by atoms with van der Waals surface area (Å²) in [6.45, 7) is 18.5. The summed E-state index contributed by atoms with van der Waals surface area (Å²) in [5.74, 6) is 0. The average molecular weight is 321 g/mol. The number of nitrogens with one attached hydrogen (secondary N) is 1. The Kier molecular flexibility index (Phi) is 5.63. The van der Waals surface area contributed by atoms with Crippen LogP contribution in [0, 0.1) is 5.41 Å². The van der Waals surface area contributed by atoms with Gasteiger partial charge < -0.3 is 5.32 Å². The fourth-order valence-electron chi connectivity index (χ4n) is 3.28. The molecule has 0 aromatic heterocycles. The van der Waals surface area contributed by atoms with E-state index in [-0.39, 0.29) is 10.2 Å². The van der Waals surface area contributed by atoms with Crippen LogP contribution < -0.4 is 5.32 Å². The highest BCUT2D eigenvalue weighted by atomic mass is 32.2. The zero-order chi connectivity index (χ0) is 16.4. The maximum absolute atomic E-state index is 3.48. The molecule has 1 aliphatic heterocycles. The molecule has 1 atom stereocenters. The summed E-state index contributed by atoms with van der Waals surface area (Å²) < 4.78 is 0.238. The Hall–Kier alpha value is -0.510. The van der Waals surface area contributed by atoms with Gasteiger partial charge in [-0.3, -0.25) is 4.90 Å². The van der Waals surface area contributed by atoms with Gasteiger partial charge in [0.05, 0.1) is 0 Å². The number of nitrogens with zero attached hydrogens (tertiary/aromatic N) is 1. The first kappa shape index (κ1) is 17.8. The van der Waals surface area contributed by atoms with E-state index in [9.17, 15) is 0 Å². The van der Waals surface area contributed by atoms with E-state index in [4.69, 9.17) is 0 Å². The largest absolute Gasteiger partial charge is 0.314 e. The third kappa shape index (κ3) is 4.74. The quantitative estimate of drug-likeness (QED) is 0.821. The van der Waals surface area contributed by atoms with E-state index >= 15 is 0 Å². The summed E-state index contributed by atoms with van der Waals surface area (Å²) in [6.07, 6.45) is 0. The van der Waals surface area contributed by atoms with Crippen LogP contribution in [-0.4, -0.2) is 35.8 Å². The van der Waals surface area contributed by atoms with Crippen molar-refractivity contribution in [1.29, 1.82) is 0 Å². The van der Waals surface area contributed by atoms with Gasteiger partial charge in [0.25, 0.3) is 0 Å². The molecule has 1 fully saturated rings. The number of benzene rings is 1. The molecule has 0 saturated carbocycles. The van der Waals surface area contributed by atoms with E-state index in [1.54, 1.807) is 0 Å². The lowest BCUT2D eigenvalue weighted by atomic mass is 9.81. The Morgan fingerprint density at radius 1 is 1.00 bits per heavy atom. The van der Waals surface area contributed by atoms with Crippen LogP contribution in [0.1, 0.15) is 53.1 Å². The third-order valence-corrected chi connectivity index (χ3v) is 5.17. The van der Waals surface area contributed by atoms with Crippen molar-refractivity contribution in [2.45, 2.75) is 57.2 Å². The molecule has 1 heterocycles. The van der Waals surface area contributed by atoms with Crippen LogP contribution in [0.25, 0.3) is 0 Å². The van der Waals surface area contributed by atoms with E-state index < -0.39 is 0 Å². The Balaban J connectivity index is 2.39. The molecule has 1 aromatic rings. The minimum atomic E-state index is 0.228. The minimum absolute atomic E-state index is 0.228. The Morgan fingerprint density at radius 3 is 2.14 bits per heavy atom. The van der Waals surface area contributed by atoms with Crippen LogP contribution in [0.4, 0.5) is 0 Å². The molecule has 1 N–H and O–H groups in total. The monoisotopic (exact) mass is 320 g/mol. The zero-order valence-electron chi connectivity index (χ0n) is 15.1. The van der Waals surface area contributed by atoms with Crippen LogP contribution in [0.15, 0.2) is 29.2 Å². The van der Waals surface area contributed by atoms with Crippen molar-refractivity contribution in [3.8, 4) is 0 Å². The van der Waals surface area contributed by atoms with Gasteiger partial charge in [0.1, 0.15) is 0 Å². The summed E-state index contributed by atoms with van der Waals surface area (Å²) >= 11 is 1.99. The van der Waals surface area contributed by atoms with Crippen molar-refractivity contribution in [2.24, 2.45) is 5.41 Å². The molecule has 1 saturated heterocycles. The molecule has 2 nitrogen and oxygen atoms in total. The number of piperazine rings is 1. The number of hydrogen-bond acceptors (Lipinski definition) is 3. The summed E-state index contributed by atoms with van der Waals surface area (Å²) in [4.78, 5) is 4.10. The number of thioether (sulfide) groups is 1. The maximum Gasteiger partial charge on any atom is 0.0408 e. The van der Waals surface area contributed by atoms with E-state index in [0.717, 1.165) is 26.2 Å². The highest BCUT2D eigenvalue weighted by molar-refractivity contribution is 8.00. The van der Waals surface area contributed by atoms with Crippen LogP contribution in [0.3, 0.4) is 0 Å². The van der Waals surface area contributed by atoms with Gasteiger partial charge in [-0.2, -0.15) is 0 Å². The molecule has 3 heteroatoms. The van der Waals surface area contributed by atoms with Crippen molar-refractivity contribution in [2.75, 3.05) is 26.2 Å². The predicted octanol–water partition coefficient (Wildman–Crippen LogP) is 4.57. The van der Waals surface area contributed by atoms with Crippen LogP contribution in [0.5, 0.6) is 0 Å². The van der Waals surface area contributed by atoms with Gasteiger partial charge in [0.15, 0.2) is 0 Å². The first-order valence-corrected chi connectivity index (χ1v) is 9.23. The SMILES string of the molecule is CC(C)(C)Sc1ccccc1[C@H](N1CCNCC1)C(C)(C)C. The number of rotatable bonds is 3. The lowest BCUT2D eigenvalue weighted by molar-refractivity contribution is 0.0843. The molecule has 0 unspecified atom stereocenters. The fourth-order valence-corrected chi connectivity index (χ4v) is 4.38. The van der Waals surface area contributed by atoms with Gasteiger partial charge in [-0.1, -0.05) is 59.7 Å². The Bertz CT molecular complexity index is 479. The summed E-state index contributed by atoms with van der Waals surface area (Å²) in [7, 11) is 0. The molecule has 2 rings (SSSR count). The van der Waals surface area contributed by atoms with E-state index in [2.05, 4.69) is 76.0 Å². The first-order chi connectivity index (χ1) is 10.2. The van der Waals surface area contributed by atoms with Crippen LogP contribution >= 0.6 is 11.8 Å². The predicted molar refractivity (Wildman–Crippen MR) is 98.7 cm³/mol. The lowest BCUT2D eigenvalue weighted by Gasteiger charge is -2.43. The molecule has 0 amide bonds. The van der Waals surface area contributed by atoms with Crippen molar-refractivity contribution in [3.05, 3.63) is 29.8 Å². The molecule has 0 spiro atoms. The first-order valence-electron chi connectivity index (χ1n) is 8.41. The minimum Gasteiger partial charge on any atom is -0.314 e. The summed E-state index contributed by atoms with van der Waals surface area (Å²) in [5.41, 5.74) is 1.73. The highest BCUT2D eigenvalue weighted by Crippen LogP contribution is 2.44. The second-order valence-corrected chi connectivity index (χ2v) is 10.2. The maximum atomic E-state index is 3.48. The molecule has 1 aliphatic rings. The fraction of sp³-hybridized carbons (Fsp3) is 0.684. The third-order valence-electron chi connectivity index (χ3n) is 3.97. The Morgan fingerprint density at radius 2 is 1.59 bits per heavy atom. The average Bonchev–Trinajstić information content (AvgIpc) is 2.39. The van der Waals surface area contributed by atoms with Gasteiger partial charge in [-0.15, -0.1) is 11.8 Å². The summed E-state index contributed by atoms with van der Waals surface area (Å²) in [5, 5.41) is 3.48. The molecule has 0 bridgehead atoms. The molecule has 1 aromatic carbocycles. The van der Waals surface area contributed by atoms with Gasteiger partial charge >= 0.3 is 0 Å². The van der Waals surface area contributed by atoms with E-state index in [1.807, 2.05) is 11.8 Å². The zero-order valence-corrected chi connectivity index (χ0v) is 15.9. The topological polar surface area (TPSA) is 15.3 Å². The molecular weight excluding hydrogens is 288 g/mol. The lowest BCUT2D eigenvalue weighted by Crippen LogP contribution is -2.48. The molecule has 0 radical (unpaired) electrons. The van der Waals surface area contributed by atoms with Crippen molar-refractivity contribution >= 4 is 11.8 Å². The van der Waals surface area contributed by atoms with E-state index in [1.165, 1.54) is 10.5 Å². The highest BCUT2D eigenvalue weighted by Gasteiger charge is 2.34.